The first kappa shape index (κ1) is 14.3. The number of unbranched alkanes of at least 4 members (excludes halogenated alkanes) is 1. The number of carbonyl (C=O) groups is 1. The summed E-state index contributed by atoms with van der Waals surface area (Å²) in [5.41, 5.74) is 2.10. The van der Waals surface area contributed by atoms with Gasteiger partial charge in [0.15, 0.2) is 0 Å². The summed E-state index contributed by atoms with van der Waals surface area (Å²) in [6.45, 7) is 6.69. The SMILES string of the molecule is CCCCNC(=O)Oc1cc(C)c(I)cc1C. The molecule has 94 valence electrons. The predicted octanol–water partition coefficient (Wildman–Crippen LogP) is 3.80. The third kappa shape index (κ3) is 4.53. The van der Waals surface area contributed by atoms with Crippen LogP contribution >= 0.6 is 22.6 Å². The van der Waals surface area contributed by atoms with Gasteiger partial charge in [0, 0.05) is 10.1 Å². The van der Waals surface area contributed by atoms with Crippen LogP contribution in [0.5, 0.6) is 5.75 Å². The van der Waals surface area contributed by atoms with Gasteiger partial charge in [0.25, 0.3) is 0 Å². The molecule has 1 aromatic rings. The van der Waals surface area contributed by atoms with E-state index in [1.807, 2.05) is 26.0 Å². The molecule has 0 aliphatic heterocycles. The Morgan fingerprint density at radius 2 is 2.06 bits per heavy atom. The predicted molar refractivity (Wildman–Crippen MR) is 77.6 cm³/mol. The van der Waals surface area contributed by atoms with Crippen LogP contribution in [0.4, 0.5) is 4.79 Å². The molecule has 17 heavy (non-hydrogen) atoms. The number of hydrogen-bond acceptors (Lipinski definition) is 2. The van der Waals surface area contributed by atoms with E-state index in [1.165, 1.54) is 3.57 Å². The number of amides is 1. The van der Waals surface area contributed by atoms with Gasteiger partial charge in [-0.2, -0.15) is 0 Å². The Morgan fingerprint density at radius 3 is 2.71 bits per heavy atom. The monoisotopic (exact) mass is 347 g/mol. The first-order chi connectivity index (χ1) is 8.04. The van der Waals surface area contributed by atoms with Crippen molar-refractivity contribution >= 4 is 28.7 Å². The lowest BCUT2D eigenvalue weighted by molar-refractivity contribution is 0.200. The molecule has 0 atom stereocenters. The normalized spacial score (nSPS) is 10.1. The van der Waals surface area contributed by atoms with Crippen LogP contribution in [0, 0.1) is 17.4 Å². The third-order valence-corrected chi connectivity index (χ3v) is 3.62. The van der Waals surface area contributed by atoms with Gasteiger partial charge < -0.3 is 10.1 Å². The van der Waals surface area contributed by atoms with Crippen LogP contribution in [0.3, 0.4) is 0 Å². The van der Waals surface area contributed by atoms with Crippen molar-refractivity contribution in [3.05, 3.63) is 26.8 Å². The Kier molecular flexibility index (Phi) is 5.74. The third-order valence-electron chi connectivity index (χ3n) is 2.46. The van der Waals surface area contributed by atoms with Crippen LogP contribution in [-0.2, 0) is 0 Å². The Hall–Kier alpha value is -0.780. The van der Waals surface area contributed by atoms with E-state index in [1.54, 1.807) is 0 Å². The summed E-state index contributed by atoms with van der Waals surface area (Å²) < 4.78 is 6.45. The summed E-state index contributed by atoms with van der Waals surface area (Å²) in [7, 11) is 0. The first-order valence-electron chi connectivity index (χ1n) is 5.77. The van der Waals surface area contributed by atoms with Crippen LogP contribution in [0.15, 0.2) is 12.1 Å². The number of nitrogens with one attached hydrogen (secondary N) is 1. The highest BCUT2D eigenvalue weighted by atomic mass is 127. The molecule has 0 saturated carbocycles. The van der Waals surface area contributed by atoms with E-state index in [4.69, 9.17) is 4.74 Å². The van der Waals surface area contributed by atoms with Crippen molar-refractivity contribution in [1.82, 2.24) is 5.32 Å². The Bertz CT molecular complexity index is 405. The van der Waals surface area contributed by atoms with Crippen LogP contribution in [0.25, 0.3) is 0 Å². The topological polar surface area (TPSA) is 38.3 Å². The molecule has 0 saturated heterocycles. The quantitative estimate of drug-likeness (QED) is 0.665. The first-order valence-corrected chi connectivity index (χ1v) is 6.85. The van der Waals surface area contributed by atoms with E-state index >= 15 is 0 Å². The standard InChI is InChI=1S/C13H18INO2/c1-4-5-6-15-13(16)17-12-8-9(2)11(14)7-10(12)3/h7-8H,4-6H2,1-3H3,(H,15,16). The largest absolute Gasteiger partial charge is 0.412 e. The lowest BCUT2D eigenvalue weighted by atomic mass is 10.1. The van der Waals surface area contributed by atoms with Crippen molar-refractivity contribution in [3.63, 3.8) is 0 Å². The van der Waals surface area contributed by atoms with Crippen molar-refractivity contribution < 1.29 is 9.53 Å². The molecular weight excluding hydrogens is 329 g/mol. The minimum atomic E-state index is -0.373. The molecule has 0 radical (unpaired) electrons. The fraction of sp³-hybridized carbons (Fsp3) is 0.462. The number of carbonyl (C=O) groups excluding carboxylic acids is 1. The molecule has 1 aromatic carbocycles. The number of rotatable bonds is 4. The van der Waals surface area contributed by atoms with Crippen molar-refractivity contribution in [2.24, 2.45) is 0 Å². The van der Waals surface area contributed by atoms with Crippen LogP contribution in [0.2, 0.25) is 0 Å². The molecule has 0 aliphatic rings. The Balaban J connectivity index is 2.62. The molecule has 1 N–H and O–H groups in total. The lowest BCUT2D eigenvalue weighted by Crippen LogP contribution is -2.27. The minimum Gasteiger partial charge on any atom is -0.410 e. The fourth-order valence-corrected chi connectivity index (χ4v) is 1.99. The summed E-state index contributed by atoms with van der Waals surface area (Å²) in [6, 6.07) is 3.92. The molecule has 0 heterocycles. The van der Waals surface area contributed by atoms with E-state index in [0.717, 1.165) is 24.0 Å². The number of ether oxygens (including phenoxy) is 1. The van der Waals surface area contributed by atoms with Crippen molar-refractivity contribution in [2.75, 3.05) is 6.54 Å². The number of halogens is 1. The van der Waals surface area contributed by atoms with Gasteiger partial charge in [0.05, 0.1) is 0 Å². The Labute approximate surface area is 116 Å². The highest BCUT2D eigenvalue weighted by molar-refractivity contribution is 14.1. The van der Waals surface area contributed by atoms with E-state index in [0.29, 0.717) is 12.3 Å². The number of hydrogen-bond donors (Lipinski definition) is 1. The smallest absolute Gasteiger partial charge is 0.410 e. The minimum absolute atomic E-state index is 0.373. The van der Waals surface area contributed by atoms with E-state index in [2.05, 4.69) is 34.8 Å². The highest BCUT2D eigenvalue weighted by Crippen LogP contribution is 2.23. The maximum Gasteiger partial charge on any atom is 0.412 e. The van der Waals surface area contributed by atoms with Gasteiger partial charge in [-0.25, -0.2) is 4.79 Å². The molecule has 3 nitrogen and oxygen atoms in total. The second-order valence-electron chi connectivity index (χ2n) is 4.04. The maximum absolute atomic E-state index is 11.5. The van der Waals surface area contributed by atoms with E-state index in [-0.39, 0.29) is 6.09 Å². The molecule has 1 rings (SSSR count). The van der Waals surface area contributed by atoms with Gasteiger partial charge in [-0.1, -0.05) is 13.3 Å². The van der Waals surface area contributed by atoms with Crippen LogP contribution < -0.4 is 10.1 Å². The number of aryl methyl sites for hydroxylation is 2. The molecule has 0 aromatic heterocycles. The average Bonchev–Trinajstić information content (AvgIpc) is 2.26. The average molecular weight is 347 g/mol. The van der Waals surface area contributed by atoms with Gasteiger partial charge in [0.1, 0.15) is 5.75 Å². The summed E-state index contributed by atoms with van der Waals surface area (Å²) in [5, 5.41) is 2.73. The molecule has 0 bridgehead atoms. The molecule has 0 spiro atoms. The second-order valence-corrected chi connectivity index (χ2v) is 5.20. The van der Waals surface area contributed by atoms with Gasteiger partial charge in [-0.15, -0.1) is 0 Å². The van der Waals surface area contributed by atoms with E-state index < -0.39 is 0 Å². The second kappa shape index (κ2) is 6.83. The zero-order valence-electron chi connectivity index (χ0n) is 10.5. The van der Waals surface area contributed by atoms with Crippen molar-refractivity contribution in [2.45, 2.75) is 33.6 Å². The summed E-state index contributed by atoms with van der Waals surface area (Å²) in [4.78, 5) is 11.5. The van der Waals surface area contributed by atoms with Crippen LogP contribution in [-0.4, -0.2) is 12.6 Å². The maximum atomic E-state index is 11.5. The zero-order valence-corrected chi connectivity index (χ0v) is 12.6. The van der Waals surface area contributed by atoms with Crippen molar-refractivity contribution in [1.29, 1.82) is 0 Å². The van der Waals surface area contributed by atoms with Gasteiger partial charge in [-0.3, -0.25) is 0 Å². The van der Waals surface area contributed by atoms with E-state index in [9.17, 15) is 4.79 Å². The summed E-state index contributed by atoms with van der Waals surface area (Å²) in [6.07, 6.45) is 1.66. The Morgan fingerprint density at radius 1 is 1.35 bits per heavy atom. The molecule has 1 amide bonds. The van der Waals surface area contributed by atoms with Gasteiger partial charge in [-0.05, 0) is 66.1 Å². The molecule has 4 heteroatoms. The molecule has 0 aliphatic carbocycles. The lowest BCUT2D eigenvalue weighted by Gasteiger charge is -2.10. The van der Waals surface area contributed by atoms with Gasteiger partial charge >= 0.3 is 6.09 Å². The summed E-state index contributed by atoms with van der Waals surface area (Å²) >= 11 is 2.27. The van der Waals surface area contributed by atoms with Crippen molar-refractivity contribution in [3.8, 4) is 5.75 Å². The molecular formula is C13H18INO2. The highest BCUT2D eigenvalue weighted by Gasteiger charge is 2.08. The fourth-order valence-electron chi connectivity index (χ4n) is 1.37. The molecule has 0 fully saturated rings. The zero-order chi connectivity index (χ0) is 12.8. The number of benzene rings is 1. The molecule has 0 unspecified atom stereocenters. The van der Waals surface area contributed by atoms with Crippen LogP contribution in [0.1, 0.15) is 30.9 Å². The summed E-state index contributed by atoms with van der Waals surface area (Å²) in [5.74, 6) is 0.636. The van der Waals surface area contributed by atoms with Gasteiger partial charge in [0.2, 0.25) is 0 Å².